The molecule has 1 atom stereocenters. The van der Waals surface area contributed by atoms with Crippen LogP contribution in [0.4, 0.5) is 4.39 Å². The number of aromatic amines is 1. The first-order valence-electron chi connectivity index (χ1n) is 9.39. The van der Waals surface area contributed by atoms with Gasteiger partial charge in [0.25, 0.3) is 5.91 Å². The van der Waals surface area contributed by atoms with E-state index in [1.165, 1.54) is 12.1 Å². The zero-order chi connectivity index (χ0) is 20.1. The van der Waals surface area contributed by atoms with Gasteiger partial charge in [-0.25, -0.2) is 4.39 Å². The molecule has 1 aromatic heterocycles. The number of rotatable bonds is 3. The number of piperazine rings is 1. The van der Waals surface area contributed by atoms with Gasteiger partial charge in [0.2, 0.25) is 0 Å². The molecule has 1 unspecified atom stereocenters. The molecule has 1 aliphatic heterocycles. The molecular weight excluding hydrogens is 377 g/mol. The summed E-state index contributed by atoms with van der Waals surface area (Å²) in [7, 11) is 0. The fraction of sp³-hybridized carbons (Fsp3) is 0.318. The summed E-state index contributed by atoms with van der Waals surface area (Å²) in [5.74, 6) is -0.284. The number of carbonyl (C=O) groups excluding carboxylic acids is 1. The minimum atomic E-state index is -0.227. The van der Waals surface area contributed by atoms with Gasteiger partial charge in [0, 0.05) is 44.6 Å². The molecule has 0 saturated carbocycles. The van der Waals surface area contributed by atoms with Gasteiger partial charge >= 0.3 is 0 Å². The zero-order valence-electron chi connectivity index (χ0n) is 16.2. The Morgan fingerprint density at radius 3 is 2.61 bits per heavy atom. The zero-order valence-corrected chi connectivity index (χ0v) is 16.9. The molecule has 148 valence electrons. The largest absolute Gasteiger partial charge is 0.368 e. The number of nitrogens with one attached hydrogen (secondary N) is 1. The van der Waals surface area contributed by atoms with Crippen LogP contribution in [0.1, 0.15) is 28.4 Å². The second kappa shape index (κ2) is 9.22. The van der Waals surface area contributed by atoms with Gasteiger partial charge in [0.15, 0.2) is 0 Å². The van der Waals surface area contributed by atoms with Crippen molar-refractivity contribution in [2.75, 3.05) is 19.6 Å². The van der Waals surface area contributed by atoms with Crippen molar-refractivity contribution in [2.45, 2.75) is 26.4 Å². The quantitative estimate of drug-likeness (QED) is 0.817. The summed E-state index contributed by atoms with van der Waals surface area (Å²) in [4.78, 5) is 20.4. The van der Waals surface area contributed by atoms with Gasteiger partial charge in [-0.3, -0.25) is 9.69 Å². The molecule has 0 radical (unpaired) electrons. The number of hydrogen-bond donors (Lipinski definition) is 1. The molecule has 1 fully saturated rings. The normalized spacial score (nSPS) is 17.3. The van der Waals surface area contributed by atoms with E-state index in [0.717, 1.165) is 30.8 Å². The van der Waals surface area contributed by atoms with Crippen molar-refractivity contribution in [3.05, 3.63) is 82.4 Å². The molecule has 4 nitrogen and oxygen atoms in total. The van der Waals surface area contributed by atoms with Crippen LogP contribution in [-0.2, 0) is 6.54 Å². The third kappa shape index (κ3) is 5.12. The van der Waals surface area contributed by atoms with Crippen LogP contribution in [0.25, 0.3) is 0 Å². The van der Waals surface area contributed by atoms with Gasteiger partial charge in [0.05, 0.1) is 10.6 Å². The van der Waals surface area contributed by atoms with Crippen molar-refractivity contribution in [1.29, 1.82) is 0 Å². The van der Waals surface area contributed by atoms with E-state index >= 15 is 0 Å². The van der Waals surface area contributed by atoms with E-state index in [-0.39, 0.29) is 17.8 Å². The maximum Gasteiger partial charge on any atom is 0.255 e. The molecule has 1 N–H and O–H groups in total. The average molecular weight is 402 g/mol. The topological polar surface area (TPSA) is 39.3 Å². The Hall–Kier alpha value is -2.37. The van der Waals surface area contributed by atoms with Gasteiger partial charge in [-0.05, 0) is 55.3 Å². The summed E-state index contributed by atoms with van der Waals surface area (Å²) in [6.07, 6.45) is 3.51. The van der Waals surface area contributed by atoms with Crippen molar-refractivity contribution in [3.63, 3.8) is 0 Å². The van der Waals surface area contributed by atoms with E-state index in [0.29, 0.717) is 17.1 Å². The molecule has 0 bridgehead atoms. The molecule has 1 saturated heterocycles. The second-order valence-corrected chi connectivity index (χ2v) is 7.60. The smallest absolute Gasteiger partial charge is 0.255 e. The number of nitrogens with zero attached hydrogens (tertiary/aromatic N) is 2. The fourth-order valence-electron chi connectivity index (χ4n) is 3.44. The summed E-state index contributed by atoms with van der Waals surface area (Å²) in [6.45, 7) is 6.87. The minimum absolute atomic E-state index is 0.0534. The maximum absolute atomic E-state index is 13.2. The van der Waals surface area contributed by atoms with Crippen molar-refractivity contribution >= 4 is 17.5 Å². The Morgan fingerprint density at radius 2 is 1.89 bits per heavy atom. The Kier molecular flexibility index (Phi) is 6.70. The van der Waals surface area contributed by atoms with Gasteiger partial charge in [-0.15, -0.1) is 0 Å². The highest BCUT2D eigenvalue weighted by atomic mass is 35.5. The molecule has 2 heterocycles. The summed E-state index contributed by atoms with van der Waals surface area (Å²) >= 11 is 6.40. The number of H-pyrrole nitrogens is 1. The molecule has 3 rings (SSSR count). The molecule has 1 amide bonds. The summed E-state index contributed by atoms with van der Waals surface area (Å²) in [5.41, 5.74) is 2.52. The molecule has 6 heteroatoms. The van der Waals surface area contributed by atoms with E-state index < -0.39 is 0 Å². The van der Waals surface area contributed by atoms with Crippen molar-refractivity contribution < 1.29 is 9.18 Å². The highest BCUT2D eigenvalue weighted by Crippen LogP contribution is 2.21. The highest BCUT2D eigenvalue weighted by molar-refractivity contribution is 6.33. The lowest BCUT2D eigenvalue weighted by molar-refractivity contribution is 0.0475. The lowest BCUT2D eigenvalue weighted by Gasteiger charge is -2.40. The summed E-state index contributed by atoms with van der Waals surface area (Å²) in [5, 5.41) is 0.418. The molecule has 1 aromatic carbocycles. The van der Waals surface area contributed by atoms with Crippen LogP contribution in [0.3, 0.4) is 0 Å². The van der Waals surface area contributed by atoms with Gasteiger partial charge in [-0.2, -0.15) is 0 Å². The molecular formula is C22H25ClFN3O. The monoisotopic (exact) mass is 401 g/mol. The summed E-state index contributed by atoms with van der Waals surface area (Å²) in [6, 6.07) is 12.1. The number of benzene rings is 1. The number of hydrogen-bond acceptors (Lipinski definition) is 2. The highest BCUT2D eigenvalue weighted by Gasteiger charge is 2.28. The Morgan fingerprint density at radius 1 is 1.18 bits per heavy atom. The lowest BCUT2D eigenvalue weighted by Crippen LogP contribution is -2.53. The van der Waals surface area contributed by atoms with Crippen LogP contribution >= 0.6 is 11.6 Å². The maximum atomic E-state index is 13.2. The molecule has 0 aliphatic carbocycles. The molecule has 28 heavy (non-hydrogen) atoms. The van der Waals surface area contributed by atoms with Crippen LogP contribution in [0.2, 0.25) is 5.02 Å². The Balaban J connectivity index is 1.74. The first kappa shape index (κ1) is 20.4. The Bertz CT molecular complexity index is 880. The predicted molar refractivity (Wildman–Crippen MR) is 110 cm³/mol. The van der Waals surface area contributed by atoms with E-state index in [1.54, 1.807) is 30.6 Å². The van der Waals surface area contributed by atoms with Crippen LogP contribution in [0.5, 0.6) is 0 Å². The third-order valence-corrected chi connectivity index (χ3v) is 5.25. The van der Waals surface area contributed by atoms with Gasteiger partial charge in [-0.1, -0.05) is 23.7 Å². The molecule has 1 aliphatic rings. The number of amides is 1. The second-order valence-electron chi connectivity index (χ2n) is 7.19. The van der Waals surface area contributed by atoms with Crippen LogP contribution in [0, 0.1) is 12.7 Å². The molecule has 0 spiro atoms. The SMILES string of the molecule is Cc1cc[nH]ccc(Cl)c(C(=O)N2CCN(Cc3ccc(F)cc3)CC2C)c1. The number of aryl methyl sites for hydroxylation is 1. The van der Waals surface area contributed by atoms with Crippen molar-refractivity contribution in [2.24, 2.45) is 0 Å². The van der Waals surface area contributed by atoms with Crippen molar-refractivity contribution in [3.8, 4) is 0 Å². The summed E-state index contributed by atoms with van der Waals surface area (Å²) < 4.78 is 13.1. The van der Waals surface area contributed by atoms with Crippen LogP contribution in [0.15, 0.2) is 54.9 Å². The van der Waals surface area contributed by atoms with Crippen LogP contribution < -0.4 is 0 Å². The standard InChI is InChI=1S/C22H25ClFN3O/c1-16-7-9-25-10-8-21(23)20(13-16)22(28)27-12-11-26(14-17(27)2)15-18-3-5-19(24)6-4-18/h3-10,13,17,25H,11-12,14-15H2,1-2H3. The Labute approximate surface area is 170 Å². The first-order chi connectivity index (χ1) is 13.4. The van der Waals surface area contributed by atoms with Gasteiger partial charge in [0.1, 0.15) is 5.82 Å². The first-order valence-corrected chi connectivity index (χ1v) is 9.77. The van der Waals surface area contributed by atoms with Crippen LogP contribution in [-0.4, -0.2) is 46.4 Å². The fourth-order valence-corrected chi connectivity index (χ4v) is 3.63. The van der Waals surface area contributed by atoms with E-state index in [1.807, 2.05) is 30.9 Å². The lowest BCUT2D eigenvalue weighted by atomic mass is 10.1. The predicted octanol–water partition coefficient (Wildman–Crippen LogP) is 4.59. The van der Waals surface area contributed by atoms with Crippen molar-refractivity contribution in [1.82, 2.24) is 14.8 Å². The number of aromatic nitrogens is 1. The van der Waals surface area contributed by atoms with E-state index in [2.05, 4.69) is 9.88 Å². The number of carbonyl (C=O) groups is 1. The van der Waals surface area contributed by atoms with Gasteiger partial charge < -0.3 is 9.88 Å². The molecule has 2 aromatic rings. The average Bonchev–Trinajstić information content (AvgIpc) is 2.74. The van der Waals surface area contributed by atoms with E-state index in [9.17, 15) is 9.18 Å². The minimum Gasteiger partial charge on any atom is -0.368 e. The third-order valence-electron chi connectivity index (χ3n) is 4.92. The number of halogens is 2. The van der Waals surface area contributed by atoms with E-state index in [4.69, 9.17) is 11.6 Å².